The first-order chi connectivity index (χ1) is 10.2. The van der Waals surface area contributed by atoms with Gasteiger partial charge in [-0.25, -0.2) is 0 Å². The molecule has 0 fully saturated rings. The minimum Gasteiger partial charge on any atom is -0.299 e. The standard InChI is InChI=1S/C10H8NO9S3/c11-8-2-1-6-7(10(8)23(18,19)20)3-5(21(12,13)14)4-9(6)22(15,16)17/h1-4,11H,(H,12,13,14)(H,15,16,17)(H,18,19,20). The summed E-state index contributed by atoms with van der Waals surface area (Å²) in [7, 11) is -15.0. The van der Waals surface area contributed by atoms with Crippen molar-refractivity contribution in [3.63, 3.8) is 0 Å². The lowest BCUT2D eigenvalue weighted by Crippen LogP contribution is -2.07. The van der Waals surface area contributed by atoms with Crippen molar-refractivity contribution in [1.29, 1.82) is 0 Å². The summed E-state index contributed by atoms with van der Waals surface area (Å²) in [5, 5.41) is -1.12. The molecule has 4 N–H and O–H groups in total. The fraction of sp³-hybridized carbons (Fsp3) is 0. The van der Waals surface area contributed by atoms with Gasteiger partial charge in [-0.15, -0.1) is 0 Å². The Morgan fingerprint density at radius 3 is 1.74 bits per heavy atom. The van der Waals surface area contributed by atoms with Crippen molar-refractivity contribution in [2.24, 2.45) is 0 Å². The van der Waals surface area contributed by atoms with E-state index in [0.29, 0.717) is 12.1 Å². The Morgan fingerprint density at radius 2 is 1.30 bits per heavy atom. The van der Waals surface area contributed by atoms with Crippen molar-refractivity contribution in [3.8, 4) is 0 Å². The van der Waals surface area contributed by atoms with E-state index in [0.717, 1.165) is 12.1 Å². The molecule has 0 aliphatic rings. The molecule has 23 heavy (non-hydrogen) atoms. The predicted molar refractivity (Wildman–Crippen MR) is 76.1 cm³/mol. The van der Waals surface area contributed by atoms with Gasteiger partial charge in [0.05, 0.1) is 10.6 Å². The monoisotopic (exact) mass is 382 g/mol. The fourth-order valence-electron chi connectivity index (χ4n) is 1.99. The van der Waals surface area contributed by atoms with Crippen LogP contribution >= 0.6 is 0 Å². The smallest absolute Gasteiger partial charge is 0.297 e. The molecule has 2 rings (SSSR count). The summed E-state index contributed by atoms with van der Waals surface area (Å²) in [4.78, 5) is -3.11. The van der Waals surface area contributed by atoms with Gasteiger partial charge in [-0.1, -0.05) is 6.07 Å². The van der Waals surface area contributed by atoms with Crippen LogP contribution in [0, 0.1) is 0 Å². The molecule has 0 aromatic heterocycles. The zero-order chi connectivity index (χ0) is 17.8. The molecule has 13 heteroatoms. The molecular weight excluding hydrogens is 374 g/mol. The third kappa shape index (κ3) is 3.29. The van der Waals surface area contributed by atoms with Crippen LogP contribution < -0.4 is 5.73 Å². The van der Waals surface area contributed by atoms with Gasteiger partial charge < -0.3 is 0 Å². The second-order valence-corrected chi connectivity index (χ2v) is 8.55. The quantitative estimate of drug-likeness (QED) is 0.635. The molecule has 0 atom stereocenters. The van der Waals surface area contributed by atoms with E-state index < -0.39 is 61.5 Å². The Hall–Kier alpha value is -1.77. The van der Waals surface area contributed by atoms with E-state index >= 15 is 0 Å². The minimum absolute atomic E-state index is 0.421. The van der Waals surface area contributed by atoms with E-state index in [1.54, 1.807) is 0 Å². The number of rotatable bonds is 3. The Labute approximate surface area is 130 Å². The maximum absolute atomic E-state index is 11.4. The number of hydrogen-bond donors (Lipinski definition) is 3. The molecule has 0 bridgehead atoms. The molecule has 0 amide bonds. The van der Waals surface area contributed by atoms with Crippen LogP contribution in [0.2, 0.25) is 0 Å². The van der Waals surface area contributed by atoms with Crippen molar-refractivity contribution in [2.45, 2.75) is 14.7 Å². The highest BCUT2D eigenvalue weighted by Crippen LogP contribution is 2.35. The van der Waals surface area contributed by atoms with Gasteiger partial charge >= 0.3 is 0 Å². The molecule has 0 aliphatic carbocycles. The molecule has 2 aromatic carbocycles. The first kappa shape index (κ1) is 17.6. The van der Waals surface area contributed by atoms with E-state index in [2.05, 4.69) is 0 Å². The van der Waals surface area contributed by atoms with Gasteiger partial charge in [0, 0.05) is 10.8 Å². The number of benzene rings is 2. The van der Waals surface area contributed by atoms with Crippen molar-refractivity contribution in [1.82, 2.24) is 5.73 Å². The van der Waals surface area contributed by atoms with Crippen molar-refractivity contribution in [3.05, 3.63) is 24.3 Å². The van der Waals surface area contributed by atoms with E-state index in [9.17, 15) is 34.4 Å². The Bertz CT molecular complexity index is 1130. The molecule has 0 aliphatic heterocycles. The van der Waals surface area contributed by atoms with Crippen molar-refractivity contribution in [2.75, 3.05) is 0 Å². The first-order valence-corrected chi connectivity index (χ1v) is 9.80. The highest BCUT2D eigenvalue weighted by molar-refractivity contribution is 7.87. The van der Waals surface area contributed by atoms with Crippen LogP contribution in [0.4, 0.5) is 5.69 Å². The molecule has 0 spiro atoms. The van der Waals surface area contributed by atoms with Crippen LogP contribution in [-0.2, 0) is 30.4 Å². The summed E-state index contributed by atoms with van der Waals surface area (Å²) in [5.41, 5.74) is 6.76. The zero-order valence-corrected chi connectivity index (χ0v) is 13.3. The molecule has 2 aromatic rings. The molecule has 0 saturated carbocycles. The lowest BCUT2D eigenvalue weighted by molar-refractivity contribution is 0.478. The summed E-state index contributed by atoms with van der Waals surface area (Å²) in [6, 6.07) is 2.78. The normalized spacial score (nSPS) is 13.3. The van der Waals surface area contributed by atoms with E-state index in [1.807, 2.05) is 0 Å². The zero-order valence-electron chi connectivity index (χ0n) is 10.8. The maximum atomic E-state index is 11.4. The summed E-state index contributed by atoms with van der Waals surface area (Å²) in [6.45, 7) is 0. The SMILES string of the molecule is [NH]c1ccc2c(S(=O)(=O)O)cc(S(=O)(=O)O)cc2c1S(=O)(=O)O. The third-order valence-corrected chi connectivity index (χ3v) is 5.54. The average Bonchev–Trinajstić information content (AvgIpc) is 2.32. The van der Waals surface area contributed by atoms with Gasteiger partial charge in [-0.3, -0.25) is 19.4 Å². The fourth-order valence-corrected chi connectivity index (χ4v) is 4.12. The average molecular weight is 382 g/mol. The van der Waals surface area contributed by atoms with Crippen molar-refractivity contribution >= 4 is 46.8 Å². The van der Waals surface area contributed by atoms with Crippen molar-refractivity contribution < 1.29 is 38.9 Å². The van der Waals surface area contributed by atoms with E-state index in [4.69, 9.17) is 10.3 Å². The van der Waals surface area contributed by atoms with E-state index in [1.165, 1.54) is 0 Å². The minimum atomic E-state index is -5.03. The van der Waals surface area contributed by atoms with Gasteiger partial charge in [0.2, 0.25) is 0 Å². The van der Waals surface area contributed by atoms with Gasteiger partial charge in [0.15, 0.2) is 0 Å². The topological polar surface area (TPSA) is 187 Å². The van der Waals surface area contributed by atoms with Crippen LogP contribution in [0.25, 0.3) is 10.8 Å². The number of fused-ring (bicyclic) bond motifs is 1. The third-order valence-electron chi connectivity index (χ3n) is 2.86. The van der Waals surface area contributed by atoms with Crippen LogP contribution in [0.3, 0.4) is 0 Å². The van der Waals surface area contributed by atoms with Crippen LogP contribution in [0.5, 0.6) is 0 Å². The van der Waals surface area contributed by atoms with Gasteiger partial charge in [0.25, 0.3) is 30.4 Å². The van der Waals surface area contributed by atoms with Gasteiger partial charge in [0.1, 0.15) is 9.79 Å². The molecular formula is C10H8NO9S3. The Kier molecular flexibility index (Phi) is 3.91. The lowest BCUT2D eigenvalue weighted by Gasteiger charge is -2.11. The second kappa shape index (κ2) is 5.12. The Balaban J connectivity index is 3.23. The molecule has 1 radical (unpaired) electrons. The van der Waals surface area contributed by atoms with Gasteiger partial charge in [-0.05, 0) is 18.2 Å². The summed E-state index contributed by atoms with van der Waals surface area (Å²) in [5.74, 6) is 0. The van der Waals surface area contributed by atoms with E-state index in [-0.39, 0.29) is 0 Å². The van der Waals surface area contributed by atoms with Crippen LogP contribution in [-0.4, -0.2) is 38.9 Å². The lowest BCUT2D eigenvalue weighted by atomic mass is 10.1. The second-order valence-electron chi connectivity index (χ2n) is 4.38. The molecule has 0 saturated heterocycles. The molecule has 0 heterocycles. The molecule has 0 unspecified atom stereocenters. The largest absolute Gasteiger partial charge is 0.299 e. The summed E-state index contributed by atoms with van der Waals surface area (Å²) in [6.07, 6.45) is 0. The predicted octanol–water partition coefficient (Wildman–Crippen LogP) is 0.494. The highest BCUT2D eigenvalue weighted by Gasteiger charge is 2.26. The Morgan fingerprint density at radius 1 is 0.739 bits per heavy atom. The van der Waals surface area contributed by atoms with Gasteiger partial charge in [-0.2, -0.15) is 25.3 Å². The van der Waals surface area contributed by atoms with Crippen LogP contribution in [0.1, 0.15) is 0 Å². The van der Waals surface area contributed by atoms with Crippen LogP contribution in [0.15, 0.2) is 39.0 Å². The summed E-state index contributed by atoms with van der Waals surface area (Å²) < 4.78 is 95.4. The molecule has 10 nitrogen and oxygen atoms in total. The number of nitrogens with one attached hydrogen (secondary N) is 1. The maximum Gasteiger partial charge on any atom is 0.297 e. The highest BCUT2D eigenvalue weighted by atomic mass is 32.2. The number of hydrogen-bond acceptors (Lipinski definition) is 6. The molecule has 125 valence electrons. The summed E-state index contributed by atoms with van der Waals surface area (Å²) >= 11 is 0. The first-order valence-electron chi connectivity index (χ1n) is 5.48.